The largest absolute Gasteiger partial charge is 0.467 e. The molecule has 0 saturated heterocycles. The van der Waals surface area contributed by atoms with Crippen molar-refractivity contribution in [1.29, 1.82) is 0 Å². The highest BCUT2D eigenvalue weighted by molar-refractivity contribution is 7.92. The van der Waals surface area contributed by atoms with Crippen molar-refractivity contribution in [1.82, 2.24) is 0 Å². The third kappa shape index (κ3) is 5.79. The summed E-state index contributed by atoms with van der Waals surface area (Å²) >= 11 is 0. The molecule has 0 heterocycles. The highest BCUT2D eigenvalue weighted by Crippen LogP contribution is 2.22. The fourth-order valence-corrected chi connectivity index (χ4v) is 3.03. The van der Waals surface area contributed by atoms with E-state index >= 15 is 0 Å². The lowest BCUT2D eigenvalue weighted by Gasteiger charge is -2.19. The van der Waals surface area contributed by atoms with Gasteiger partial charge in [0.1, 0.15) is 6.04 Å². The molecule has 0 radical (unpaired) electrons. The Kier molecular flexibility index (Phi) is 6.03. The summed E-state index contributed by atoms with van der Waals surface area (Å²) in [5.74, 6) is -0.387. The number of aryl methyl sites for hydroxylation is 1. The molecule has 0 amide bonds. The first-order chi connectivity index (χ1) is 11.8. The van der Waals surface area contributed by atoms with E-state index in [0.717, 1.165) is 17.4 Å². The predicted octanol–water partition coefficient (Wildman–Crippen LogP) is 2.56. The maximum Gasteiger partial charge on any atom is 0.328 e. The molecule has 0 spiro atoms. The van der Waals surface area contributed by atoms with Crippen molar-refractivity contribution < 1.29 is 17.9 Å². The topological polar surface area (TPSA) is 84.5 Å². The molecule has 0 bridgehead atoms. The molecule has 0 fully saturated rings. The molecule has 6 nitrogen and oxygen atoms in total. The molecule has 2 aromatic rings. The molecule has 0 unspecified atom stereocenters. The van der Waals surface area contributed by atoms with Gasteiger partial charge in [0.15, 0.2) is 0 Å². The first kappa shape index (κ1) is 18.8. The van der Waals surface area contributed by atoms with Gasteiger partial charge in [-0.2, -0.15) is 0 Å². The van der Waals surface area contributed by atoms with Gasteiger partial charge in [0.2, 0.25) is 10.0 Å². The van der Waals surface area contributed by atoms with Gasteiger partial charge in [-0.25, -0.2) is 13.2 Å². The smallest absolute Gasteiger partial charge is 0.328 e. The number of benzene rings is 2. The monoisotopic (exact) mass is 362 g/mol. The van der Waals surface area contributed by atoms with E-state index in [1.54, 1.807) is 25.1 Å². The molecule has 0 aliphatic carbocycles. The van der Waals surface area contributed by atoms with Crippen molar-refractivity contribution in [3.63, 3.8) is 0 Å². The third-order valence-electron chi connectivity index (χ3n) is 3.64. The molecular weight excluding hydrogens is 340 g/mol. The van der Waals surface area contributed by atoms with Gasteiger partial charge in [0.25, 0.3) is 0 Å². The zero-order valence-corrected chi connectivity index (χ0v) is 15.3. The Labute approximate surface area is 148 Å². The lowest BCUT2D eigenvalue weighted by Crippen LogP contribution is -2.32. The molecule has 0 aromatic heterocycles. The highest BCUT2D eigenvalue weighted by Gasteiger charge is 2.20. The number of sulfonamides is 1. The number of carbonyl (C=O) groups is 1. The quantitative estimate of drug-likeness (QED) is 0.740. The standard InChI is InChI=1S/C18H22N2O4S/c1-13-9-10-15(12-16(13)20-25(3,22)23)19-17(18(21)24-2)11-14-7-5-4-6-8-14/h4-10,12,17,19-20H,11H2,1-3H3/t17-/m0/s1. The molecule has 2 N–H and O–H groups in total. The maximum absolute atomic E-state index is 12.1. The predicted molar refractivity (Wildman–Crippen MR) is 99.2 cm³/mol. The summed E-state index contributed by atoms with van der Waals surface area (Å²) in [6.07, 6.45) is 1.55. The molecule has 0 saturated carbocycles. The molecule has 7 heteroatoms. The maximum atomic E-state index is 12.1. The fourth-order valence-electron chi connectivity index (χ4n) is 2.41. The van der Waals surface area contributed by atoms with Crippen LogP contribution < -0.4 is 10.0 Å². The van der Waals surface area contributed by atoms with Crippen LogP contribution >= 0.6 is 0 Å². The second-order valence-electron chi connectivity index (χ2n) is 5.81. The van der Waals surface area contributed by atoms with Crippen molar-refractivity contribution in [3.05, 3.63) is 59.7 Å². The van der Waals surface area contributed by atoms with Gasteiger partial charge in [0, 0.05) is 12.1 Å². The van der Waals surface area contributed by atoms with Crippen LogP contribution in [-0.4, -0.2) is 33.8 Å². The average Bonchev–Trinajstić information content (AvgIpc) is 2.56. The number of nitrogens with one attached hydrogen (secondary N) is 2. The zero-order chi connectivity index (χ0) is 18.4. The molecule has 0 aliphatic heterocycles. The van der Waals surface area contributed by atoms with Crippen LogP contribution in [0.2, 0.25) is 0 Å². The lowest BCUT2D eigenvalue weighted by molar-refractivity contribution is -0.141. The van der Waals surface area contributed by atoms with Gasteiger partial charge in [-0.1, -0.05) is 36.4 Å². The van der Waals surface area contributed by atoms with Crippen LogP contribution in [0, 0.1) is 6.92 Å². The number of rotatable bonds is 7. The Hall–Kier alpha value is -2.54. The molecule has 0 aliphatic rings. The summed E-state index contributed by atoms with van der Waals surface area (Å²) in [6, 6.07) is 14.3. The highest BCUT2D eigenvalue weighted by atomic mass is 32.2. The van der Waals surface area contributed by atoms with Crippen molar-refractivity contribution in [3.8, 4) is 0 Å². The molecule has 134 valence electrons. The number of hydrogen-bond donors (Lipinski definition) is 2. The van der Waals surface area contributed by atoms with Crippen LogP contribution in [0.1, 0.15) is 11.1 Å². The summed E-state index contributed by atoms with van der Waals surface area (Å²) in [5.41, 5.74) is 2.87. The number of ether oxygens (including phenoxy) is 1. The van der Waals surface area contributed by atoms with E-state index in [1.165, 1.54) is 7.11 Å². The normalized spacial score (nSPS) is 12.3. The van der Waals surface area contributed by atoms with E-state index in [2.05, 4.69) is 10.0 Å². The van der Waals surface area contributed by atoms with Gasteiger partial charge >= 0.3 is 5.97 Å². The number of esters is 1. The van der Waals surface area contributed by atoms with Crippen molar-refractivity contribution in [2.45, 2.75) is 19.4 Å². The summed E-state index contributed by atoms with van der Waals surface area (Å²) in [5, 5.41) is 3.12. The Bertz CT molecular complexity index is 835. The summed E-state index contributed by atoms with van der Waals surface area (Å²) in [7, 11) is -2.04. The molecule has 2 rings (SSSR count). The Morgan fingerprint density at radius 1 is 1.16 bits per heavy atom. The average molecular weight is 362 g/mol. The Morgan fingerprint density at radius 3 is 2.44 bits per heavy atom. The van der Waals surface area contributed by atoms with Gasteiger partial charge < -0.3 is 10.1 Å². The van der Waals surface area contributed by atoms with E-state index in [9.17, 15) is 13.2 Å². The van der Waals surface area contributed by atoms with Gasteiger partial charge in [0.05, 0.1) is 19.1 Å². The second kappa shape index (κ2) is 8.02. The number of methoxy groups -OCH3 is 1. The molecule has 2 aromatic carbocycles. The Balaban J connectivity index is 2.23. The molecular formula is C18H22N2O4S. The zero-order valence-electron chi connectivity index (χ0n) is 14.4. The van der Waals surface area contributed by atoms with Crippen LogP contribution in [0.3, 0.4) is 0 Å². The minimum absolute atomic E-state index is 0.387. The van der Waals surface area contributed by atoms with E-state index in [1.807, 2.05) is 30.3 Å². The summed E-state index contributed by atoms with van der Waals surface area (Å²) in [6.45, 7) is 1.80. The summed E-state index contributed by atoms with van der Waals surface area (Å²) < 4.78 is 30.3. The van der Waals surface area contributed by atoms with Crippen LogP contribution in [0.15, 0.2) is 48.5 Å². The van der Waals surface area contributed by atoms with Gasteiger partial charge in [-0.15, -0.1) is 0 Å². The van der Waals surface area contributed by atoms with Crippen LogP contribution in [-0.2, 0) is 26.0 Å². The van der Waals surface area contributed by atoms with Crippen LogP contribution in [0.25, 0.3) is 0 Å². The number of anilines is 2. The molecule has 1 atom stereocenters. The number of carbonyl (C=O) groups excluding carboxylic acids is 1. The second-order valence-corrected chi connectivity index (χ2v) is 7.56. The molecule has 25 heavy (non-hydrogen) atoms. The van der Waals surface area contributed by atoms with Gasteiger partial charge in [-0.05, 0) is 30.2 Å². The lowest BCUT2D eigenvalue weighted by atomic mass is 10.1. The van der Waals surface area contributed by atoms with E-state index in [0.29, 0.717) is 17.8 Å². The minimum Gasteiger partial charge on any atom is -0.467 e. The number of hydrogen-bond acceptors (Lipinski definition) is 5. The van der Waals surface area contributed by atoms with Crippen LogP contribution in [0.4, 0.5) is 11.4 Å². The Morgan fingerprint density at radius 2 is 1.84 bits per heavy atom. The summed E-state index contributed by atoms with van der Waals surface area (Å²) in [4.78, 5) is 12.1. The minimum atomic E-state index is -3.38. The van der Waals surface area contributed by atoms with E-state index in [-0.39, 0.29) is 5.97 Å². The van der Waals surface area contributed by atoms with Crippen molar-refractivity contribution >= 4 is 27.4 Å². The van der Waals surface area contributed by atoms with Crippen molar-refractivity contribution in [2.75, 3.05) is 23.4 Å². The first-order valence-electron chi connectivity index (χ1n) is 7.75. The van der Waals surface area contributed by atoms with E-state index < -0.39 is 16.1 Å². The third-order valence-corrected chi connectivity index (χ3v) is 4.23. The SMILES string of the molecule is COC(=O)[C@H](Cc1ccccc1)Nc1ccc(C)c(NS(C)(=O)=O)c1. The van der Waals surface area contributed by atoms with Crippen molar-refractivity contribution in [2.24, 2.45) is 0 Å². The van der Waals surface area contributed by atoms with Gasteiger partial charge in [-0.3, -0.25) is 4.72 Å². The fraction of sp³-hybridized carbons (Fsp3) is 0.278. The first-order valence-corrected chi connectivity index (χ1v) is 9.64. The van der Waals surface area contributed by atoms with Crippen LogP contribution in [0.5, 0.6) is 0 Å². The van der Waals surface area contributed by atoms with E-state index in [4.69, 9.17) is 4.74 Å².